The summed E-state index contributed by atoms with van der Waals surface area (Å²) < 4.78 is 19.8. The van der Waals surface area contributed by atoms with Crippen LogP contribution in [0.3, 0.4) is 0 Å². The minimum Gasteiger partial charge on any atom is -0.494 e. The Morgan fingerprint density at radius 2 is 1.74 bits per heavy atom. The van der Waals surface area contributed by atoms with Crippen molar-refractivity contribution in [1.29, 1.82) is 0 Å². The van der Waals surface area contributed by atoms with Crippen LogP contribution in [-0.4, -0.2) is 6.61 Å². The van der Waals surface area contributed by atoms with Crippen LogP contribution in [0.4, 0.5) is 4.39 Å². The van der Waals surface area contributed by atoms with Gasteiger partial charge in [0.2, 0.25) is 0 Å². The molecule has 0 N–H and O–H groups in total. The van der Waals surface area contributed by atoms with Crippen LogP contribution >= 0.6 is 22.6 Å². The van der Waals surface area contributed by atoms with Crippen molar-refractivity contribution in [3.05, 3.63) is 51.9 Å². The van der Waals surface area contributed by atoms with E-state index in [1.807, 2.05) is 52.9 Å². The fourth-order valence-electron chi connectivity index (χ4n) is 1.75. The molecule has 0 fully saturated rings. The molecule has 0 aliphatic rings. The number of ether oxygens (including phenoxy) is 1. The first-order valence-electron chi connectivity index (χ1n) is 6.39. The molecular formula is C16H16FIO. The second-order valence-corrected chi connectivity index (χ2v) is 5.52. The Labute approximate surface area is 126 Å². The number of unbranched alkanes of at least 4 members (excludes halogenated alkanes) is 1. The van der Waals surface area contributed by atoms with Gasteiger partial charge in [-0.15, -0.1) is 0 Å². The Bertz CT molecular complexity index is 537. The minimum absolute atomic E-state index is 0.179. The largest absolute Gasteiger partial charge is 0.494 e. The molecule has 2 aromatic rings. The third-order valence-corrected chi connectivity index (χ3v) is 3.75. The SMILES string of the molecule is CCCCOc1ccc(-c2ccc(I)c(F)c2)cc1. The van der Waals surface area contributed by atoms with E-state index in [4.69, 9.17) is 4.74 Å². The summed E-state index contributed by atoms with van der Waals surface area (Å²) in [4.78, 5) is 0. The number of rotatable bonds is 5. The van der Waals surface area contributed by atoms with Gasteiger partial charge in [0.1, 0.15) is 11.6 Å². The molecule has 0 radical (unpaired) electrons. The molecule has 0 amide bonds. The zero-order valence-corrected chi connectivity index (χ0v) is 13.0. The van der Waals surface area contributed by atoms with Crippen molar-refractivity contribution in [2.45, 2.75) is 19.8 Å². The normalized spacial score (nSPS) is 10.5. The molecule has 0 saturated carbocycles. The molecule has 0 aliphatic carbocycles. The van der Waals surface area contributed by atoms with E-state index in [0.29, 0.717) is 3.57 Å². The molecule has 0 atom stereocenters. The van der Waals surface area contributed by atoms with Gasteiger partial charge in [-0.1, -0.05) is 31.5 Å². The minimum atomic E-state index is -0.179. The van der Waals surface area contributed by atoms with Gasteiger partial charge in [-0.2, -0.15) is 0 Å². The summed E-state index contributed by atoms with van der Waals surface area (Å²) >= 11 is 1.99. The maximum atomic E-state index is 13.5. The molecule has 0 heterocycles. The maximum absolute atomic E-state index is 13.5. The highest BCUT2D eigenvalue weighted by Crippen LogP contribution is 2.24. The average molecular weight is 370 g/mol. The number of hydrogen-bond donors (Lipinski definition) is 0. The highest BCUT2D eigenvalue weighted by Gasteiger charge is 2.03. The number of hydrogen-bond acceptors (Lipinski definition) is 1. The summed E-state index contributed by atoms with van der Waals surface area (Å²) in [5.74, 6) is 0.685. The van der Waals surface area contributed by atoms with E-state index in [1.165, 1.54) is 0 Å². The van der Waals surface area contributed by atoms with Crippen LogP contribution in [0.25, 0.3) is 11.1 Å². The Morgan fingerprint density at radius 3 is 2.37 bits per heavy atom. The fourth-order valence-corrected chi connectivity index (χ4v) is 2.09. The molecule has 0 aromatic heterocycles. The van der Waals surface area contributed by atoms with Crippen LogP contribution in [-0.2, 0) is 0 Å². The lowest BCUT2D eigenvalue weighted by atomic mass is 10.1. The lowest BCUT2D eigenvalue weighted by Gasteiger charge is -2.07. The molecule has 19 heavy (non-hydrogen) atoms. The first-order valence-corrected chi connectivity index (χ1v) is 7.47. The van der Waals surface area contributed by atoms with Crippen LogP contribution in [0, 0.1) is 9.39 Å². The van der Waals surface area contributed by atoms with Gasteiger partial charge < -0.3 is 4.74 Å². The molecular weight excluding hydrogens is 354 g/mol. The van der Waals surface area contributed by atoms with Gasteiger partial charge in [0.25, 0.3) is 0 Å². The third kappa shape index (κ3) is 3.93. The second-order valence-electron chi connectivity index (χ2n) is 4.36. The van der Waals surface area contributed by atoms with Crippen LogP contribution in [0.5, 0.6) is 5.75 Å². The summed E-state index contributed by atoms with van der Waals surface area (Å²) in [5.41, 5.74) is 1.89. The van der Waals surface area contributed by atoms with Crippen molar-refractivity contribution >= 4 is 22.6 Å². The highest BCUT2D eigenvalue weighted by molar-refractivity contribution is 14.1. The van der Waals surface area contributed by atoms with Gasteiger partial charge in [0.05, 0.1) is 6.61 Å². The molecule has 0 bridgehead atoms. The summed E-state index contributed by atoms with van der Waals surface area (Å²) in [6.07, 6.45) is 2.18. The lowest BCUT2D eigenvalue weighted by molar-refractivity contribution is 0.309. The van der Waals surface area contributed by atoms with Gasteiger partial charge in [-0.25, -0.2) is 4.39 Å². The van der Waals surface area contributed by atoms with E-state index in [9.17, 15) is 4.39 Å². The number of halogens is 2. The van der Waals surface area contributed by atoms with E-state index in [1.54, 1.807) is 12.1 Å². The Balaban J connectivity index is 2.11. The van der Waals surface area contributed by atoms with E-state index < -0.39 is 0 Å². The van der Waals surface area contributed by atoms with Crippen molar-refractivity contribution in [3.63, 3.8) is 0 Å². The fraction of sp³-hybridized carbons (Fsp3) is 0.250. The maximum Gasteiger partial charge on any atom is 0.137 e. The van der Waals surface area contributed by atoms with Crippen LogP contribution in [0.2, 0.25) is 0 Å². The summed E-state index contributed by atoms with van der Waals surface area (Å²) in [5, 5.41) is 0. The molecule has 0 aliphatic heterocycles. The van der Waals surface area contributed by atoms with Crippen LogP contribution < -0.4 is 4.74 Å². The van der Waals surface area contributed by atoms with Crippen molar-refractivity contribution in [2.75, 3.05) is 6.61 Å². The van der Waals surface area contributed by atoms with Gasteiger partial charge >= 0.3 is 0 Å². The Kier molecular flexibility index (Phi) is 5.19. The number of benzene rings is 2. The smallest absolute Gasteiger partial charge is 0.137 e. The topological polar surface area (TPSA) is 9.23 Å². The predicted octanol–water partition coefficient (Wildman–Crippen LogP) is 5.28. The predicted molar refractivity (Wildman–Crippen MR) is 85.0 cm³/mol. The summed E-state index contributed by atoms with van der Waals surface area (Å²) in [7, 11) is 0. The van der Waals surface area contributed by atoms with Crippen molar-refractivity contribution in [2.24, 2.45) is 0 Å². The highest BCUT2D eigenvalue weighted by atomic mass is 127. The van der Waals surface area contributed by atoms with Crippen LogP contribution in [0.15, 0.2) is 42.5 Å². The summed E-state index contributed by atoms with van der Waals surface area (Å²) in [6, 6.07) is 13.1. The lowest BCUT2D eigenvalue weighted by Crippen LogP contribution is -1.95. The van der Waals surface area contributed by atoms with Crippen molar-refractivity contribution in [1.82, 2.24) is 0 Å². The molecule has 2 rings (SSSR count). The zero-order valence-electron chi connectivity index (χ0n) is 10.8. The van der Waals surface area contributed by atoms with Gasteiger partial charge in [-0.05, 0) is 64.4 Å². The van der Waals surface area contributed by atoms with Gasteiger partial charge in [-0.3, -0.25) is 0 Å². The van der Waals surface area contributed by atoms with Crippen molar-refractivity contribution in [3.8, 4) is 16.9 Å². The summed E-state index contributed by atoms with van der Waals surface area (Å²) in [6.45, 7) is 2.88. The quantitative estimate of drug-likeness (QED) is 0.514. The first-order chi connectivity index (χ1) is 9.20. The monoisotopic (exact) mass is 370 g/mol. The average Bonchev–Trinajstić information content (AvgIpc) is 2.43. The van der Waals surface area contributed by atoms with Crippen LogP contribution in [0.1, 0.15) is 19.8 Å². The Morgan fingerprint density at radius 1 is 1.05 bits per heavy atom. The molecule has 2 aromatic carbocycles. The first kappa shape index (κ1) is 14.3. The van der Waals surface area contributed by atoms with Gasteiger partial charge in [0, 0.05) is 3.57 Å². The standard InChI is InChI=1S/C16H16FIO/c1-2-3-10-19-14-7-4-12(5-8-14)13-6-9-16(18)15(17)11-13/h4-9,11H,2-3,10H2,1H3. The zero-order chi connectivity index (χ0) is 13.7. The third-order valence-electron chi connectivity index (χ3n) is 2.87. The van der Waals surface area contributed by atoms with E-state index in [0.717, 1.165) is 36.3 Å². The molecule has 1 nitrogen and oxygen atoms in total. The van der Waals surface area contributed by atoms with Gasteiger partial charge in [0.15, 0.2) is 0 Å². The second kappa shape index (κ2) is 6.89. The van der Waals surface area contributed by atoms with E-state index >= 15 is 0 Å². The molecule has 3 heteroatoms. The molecule has 0 unspecified atom stereocenters. The van der Waals surface area contributed by atoms with E-state index in [2.05, 4.69) is 6.92 Å². The molecule has 0 saturated heterocycles. The molecule has 100 valence electrons. The molecule has 0 spiro atoms. The Hall–Kier alpha value is -1.10. The van der Waals surface area contributed by atoms with E-state index in [-0.39, 0.29) is 5.82 Å². The van der Waals surface area contributed by atoms with Crippen molar-refractivity contribution < 1.29 is 9.13 Å².